The van der Waals surface area contributed by atoms with Gasteiger partial charge in [0.25, 0.3) is 0 Å². The largest absolute Gasteiger partial charge is 0.379 e. The van der Waals surface area contributed by atoms with Crippen LogP contribution in [-0.2, 0) is 4.74 Å². The highest BCUT2D eigenvalue weighted by atomic mass is 16.5. The molecule has 4 heteroatoms. The first-order chi connectivity index (χ1) is 10.3. The van der Waals surface area contributed by atoms with Crippen molar-refractivity contribution in [3.05, 3.63) is 30.0 Å². The summed E-state index contributed by atoms with van der Waals surface area (Å²) in [5.41, 5.74) is 3.55. The number of aliphatic imine (C=N–C) groups is 1. The van der Waals surface area contributed by atoms with Crippen molar-refractivity contribution in [2.24, 2.45) is 10.9 Å². The molecule has 4 nitrogen and oxygen atoms in total. The monoisotopic (exact) mass is 283 g/mol. The maximum absolute atomic E-state index is 5.46. The Bertz CT molecular complexity index is 682. The molecule has 0 radical (unpaired) electrons. The topological polar surface area (TPSA) is 39.4 Å². The number of rotatable bonds is 2. The standard InChI is InChI=1S/C17H21N3O/c1-12-2-5-16(18-9-12)13-3-4-14-10-20(19-17(14)8-13)15-6-7-21-11-15/h3-4,8,10,12,15H,2,5-7,9,11H2,1H3. The third-order valence-corrected chi connectivity index (χ3v) is 4.61. The van der Waals surface area contributed by atoms with Gasteiger partial charge in [-0.05, 0) is 36.8 Å². The first-order valence-electron chi connectivity index (χ1n) is 7.90. The summed E-state index contributed by atoms with van der Waals surface area (Å²) in [5, 5.41) is 5.95. The van der Waals surface area contributed by atoms with Gasteiger partial charge in [-0.2, -0.15) is 5.10 Å². The second-order valence-electron chi connectivity index (χ2n) is 6.33. The molecule has 21 heavy (non-hydrogen) atoms. The molecule has 2 unspecified atom stereocenters. The molecule has 2 aromatic rings. The second-order valence-corrected chi connectivity index (χ2v) is 6.33. The van der Waals surface area contributed by atoms with Gasteiger partial charge in [-0.3, -0.25) is 9.67 Å². The van der Waals surface area contributed by atoms with Crippen LogP contribution in [0.2, 0.25) is 0 Å². The third-order valence-electron chi connectivity index (χ3n) is 4.61. The number of hydrogen-bond donors (Lipinski definition) is 0. The number of nitrogens with zero attached hydrogens (tertiary/aromatic N) is 3. The molecular weight excluding hydrogens is 262 g/mol. The highest BCUT2D eigenvalue weighted by molar-refractivity contribution is 6.03. The quantitative estimate of drug-likeness (QED) is 0.849. The summed E-state index contributed by atoms with van der Waals surface area (Å²) in [6.45, 7) is 4.86. The molecule has 2 aliphatic rings. The number of benzene rings is 1. The van der Waals surface area contributed by atoms with Gasteiger partial charge < -0.3 is 4.74 Å². The Balaban J connectivity index is 1.66. The van der Waals surface area contributed by atoms with E-state index in [1.807, 2.05) is 0 Å². The smallest absolute Gasteiger partial charge is 0.0930 e. The normalized spacial score (nSPS) is 26.2. The van der Waals surface area contributed by atoms with E-state index in [0.29, 0.717) is 6.04 Å². The van der Waals surface area contributed by atoms with Crippen LogP contribution >= 0.6 is 0 Å². The molecular formula is C17H21N3O. The minimum atomic E-state index is 0.397. The molecule has 0 N–H and O–H groups in total. The van der Waals surface area contributed by atoms with Crippen molar-refractivity contribution in [1.82, 2.24) is 9.78 Å². The Morgan fingerprint density at radius 3 is 3.00 bits per heavy atom. The summed E-state index contributed by atoms with van der Waals surface area (Å²) < 4.78 is 7.53. The van der Waals surface area contributed by atoms with Gasteiger partial charge in [0.05, 0.1) is 18.2 Å². The van der Waals surface area contributed by atoms with Gasteiger partial charge in [-0.1, -0.05) is 19.1 Å². The van der Waals surface area contributed by atoms with Crippen LogP contribution in [0.4, 0.5) is 0 Å². The highest BCUT2D eigenvalue weighted by Gasteiger charge is 2.19. The second kappa shape index (κ2) is 5.26. The molecule has 1 aromatic carbocycles. The molecule has 0 bridgehead atoms. The minimum Gasteiger partial charge on any atom is -0.379 e. The zero-order valence-corrected chi connectivity index (χ0v) is 12.5. The Hall–Kier alpha value is -1.68. The van der Waals surface area contributed by atoms with Crippen LogP contribution in [0.25, 0.3) is 10.9 Å². The molecule has 0 aliphatic carbocycles. The molecule has 0 amide bonds. The lowest BCUT2D eigenvalue weighted by molar-refractivity contribution is 0.184. The summed E-state index contributed by atoms with van der Waals surface area (Å²) in [4.78, 5) is 4.73. The van der Waals surface area contributed by atoms with Crippen LogP contribution in [-0.4, -0.2) is 35.3 Å². The lowest BCUT2D eigenvalue weighted by Crippen LogP contribution is -2.14. The van der Waals surface area contributed by atoms with Crippen molar-refractivity contribution >= 4 is 16.6 Å². The van der Waals surface area contributed by atoms with E-state index >= 15 is 0 Å². The predicted octanol–water partition coefficient (Wildman–Crippen LogP) is 3.22. The Morgan fingerprint density at radius 1 is 1.29 bits per heavy atom. The van der Waals surface area contributed by atoms with Crippen LogP contribution in [0.3, 0.4) is 0 Å². The van der Waals surface area contributed by atoms with E-state index in [2.05, 4.69) is 36.0 Å². The SMILES string of the molecule is CC1CCC(c2ccc3cn(C4CCOC4)nc3c2)=NC1. The van der Waals surface area contributed by atoms with Crippen molar-refractivity contribution in [1.29, 1.82) is 0 Å². The third kappa shape index (κ3) is 2.48. The van der Waals surface area contributed by atoms with Crippen LogP contribution in [0.5, 0.6) is 0 Å². The van der Waals surface area contributed by atoms with E-state index in [1.54, 1.807) is 0 Å². The average Bonchev–Trinajstić information content (AvgIpc) is 3.16. The number of hydrogen-bond acceptors (Lipinski definition) is 3. The van der Waals surface area contributed by atoms with E-state index in [-0.39, 0.29) is 0 Å². The van der Waals surface area contributed by atoms with Crippen LogP contribution in [0, 0.1) is 5.92 Å². The van der Waals surface area contributed by atoms with Crippen LogP contribution < -0.4 is 0 Å². The molecule has 110 valence electrons. The number of aromatic nitrogens is 2. The molecule has 2 aliphatic heterocycles. The molecule has 3 heterocycles. The first kappa shape index (κ1) is 13.0. The maximum atomic E-state index is 5.46. The lowest BCUT2D eigenvalue weighted by Gasteiger charge is -2.17. The van der Waals surface area contributed by atoms with Gasteiger partial charge in [0.2, 0.25) is 0 Å². The summed E-state index contributed by atoms with van der Waals surface area (Å²) in [7, 11) is 0. The van der Waals surface area contributed by atoms with Crippen LogP contribution in [0.15, 0.2) is 29.4 Å². The number of fused-ring (bicyclic) bond motifs is 1. The van der Waals surface area contributed by atoms with Crippen molar-refractivity contribution in [2.45, 2.75) is 32.2 Å². The Labute approximate surface area is 124 Å². The van der Waals surface area contributed by atoms with Gasteiger partial charge >= 0.3 is 0 Å². The predicted molar refractivity (Wildman–Crippen MR) is 84.0 cm³/mol. The van der Waals surface area contributed by atoms with Crippen molar-refractivity contribution in [2.75, 3.05) is 19.8 Å². The first-order valence-corrected chi connectivity index (χ1v) is 7.90. The van der Waals surface area contributed by atoms with Gasteiger partial charge in [-0.15, -0.1) is 0 Å². The molecule has 2 atom stereocenters. The van der Waals surface area contributed by atoms with E-state index in [1.165, 1.54) is 23.1 Å². The molecule has 4 rings (SSSR count). The summed E-state index contributed by atoms with van der Waals surface area (Å²) in [6, 6.07) is 6.95. The Kier molecular flexibility index (Phi) is 3.26. The van der Waals surface area contributed by atoms with Gasteiger partial charge in [0.1, 0.15) is 0 Å². The molecule has 1 aromatic heterocycles. The van der Waals surface area contributed by atoms with Gasteiger partial charge in [0, 0.05) is 30.4 Å². The van der Waals surface area contributed by atoms with E-state index in [4.69, 9.17) is 14.8 Å². The number of ether oxygens (including phenoxy) is 1. The molecule has 0 saturated carbocycles. The lowest BCUT2D eigenvalue weighted by atomic mass is 9.95. The van der Waals surface area contributed by atoms with E-state index in [9.17, 15) is 0 Å². The fourth-order valence-electron chi connectivity index (χ4n) is 3.19. The summed E-state index contributed by atoms with van der Waals surface area (Å²) in [5.74, 6) is 0.721. The van der Waals surface area contributed by atoms with Crippen molar-refractivity contribution < 1.29 is 4.74 Å². The van der Waals surface area contributed by atoms with Crippen molar-refractivity contribution in [3.63, 3.8) is 0 Å². The van der Waals surface area contributed by atoms with E-state index in [0.717, 1.165) is 44.0 Å². The zero-order valence-electron chi connectivity index (χ0n) is 12.5. The summed E-state index contributed by atoms with van der Waals surface area (Å²) >= 11 is 0. The highest BCUT2D eigenvalue weighted by Crippen LogP contribution is 2.24. The van der Waals surface area contributed by atoms with E-state index < -0.39 is 0 Å². The fraction of sp³-hybridized carbons (Fsp3) is 0.529. The Morgan fingerprint density at radius 2 is 2.24 bits per heavy atom. The molecule has 0 spiro atoms. The summed E-state index contributed by atoms with van der Waals surface area (Å²) in [6.07, 6.45) is 5.53. The van der Waals surface area contributed by atoms with Gasteiger partial charge in [0.15, 0.2) is 0 Å². The minimum absolute atomic E-state index is 0.397. The maximum Gasteiger partial charge on any atom is 0.0930 e. The van der Waals surface area contributed by atoms with Gasteiger partial charge in [-0.25, -0.2) is 0 Å². The van der Waals surface area contributed by atoms with Crippen LogP contribution in [0.1, 0.15) is 37.8 Å². The van der Waals surface area contributed by atoms with Crippen molar-refractivity contribution in [3.8, 4) is 0 Å². The molecule has 1 saturated heterocycles. The fourth-order valence-corrected chi connectivity index (χ4v) is 3.19. The molecule has 1 fully saturated rings. The zero-order chi connectivity index (χ0) is 14.2. The average molecular weight is 283 g/mol.